The van der Waals surface area contributed by atoms with Gasteiger partial charge in [-0.3, -0.25) is 10.0 Å². The van der Waals surface area contributed by atoms with Gasteiger partial charge in [-0.1, -0.05) is 18.2 Å². The van der Waals surface area contributed by atoms with Crippen molar-refractivity contribution in [3.05, 3.63) is 53.3 Å². The Hall–Kier alpha value is -2.68. The van der Waals surface area contributed by atoms with Gasteiger partial charge in [-0.2, -0.15) is 13.2 Å². The SMILES string of the molecule is O=C(NO)c1cnc(N2C[C@H]3C[C@@]3(c3cccc(C(F)(F)F)c3)C2)nc1. The predicted octanol–water partition coefficient (Wildman–Crippen LogP) is 2.39. The van der Waals surface area contributed by atoms with E-state index in [1.165, 1.54) is 30.0 Å². The van der Waals surface area contributed by atoms with Gasteiger partial charge in [0.1, 0.15) is 0 Å². The Balaban J connectivity index is 1.55. The van der Waals surface area contributed by atoms with Crippen LogP contribution in [0.1, 0.15) is 27.9 Å². The smallest absolute Gasteiger partial charge is 0.340 e. The first-order valence-electron chi connectivity index (χ1n) is 8.03. The lowest BCUT2D eigenvalue weighted by molar-refractivity contribution is -0.137. The number of anilines is 1. The quantitative estimate of drug-likeness (QED) is 0.646. The topological polar surface area (TPSA) is 78.3 Å². The molecule has 1 saturated carbocycles. The van der Waals surface area contributed by atoms with E-state index in [1.54, 1.807) is 6.07 Å². The summed E-state index contributed by atoms with van der Waals surface area (Å²) in [6.45, 7) is 1.19. The van der Waals surface area contributed by atoms with Gasteiger partial charge in [0.05, 0.1) is 11.1 Å². The lowest BCUT2D eigenvalue weighted by atomic mass is 9.93. The molecule has 2 heterocycles. The third-order valence-corrected chi connectivity index (χ3v) is 5.20. The fraction of sp³-hybridized carbons (Fsp3) is 0.353. The Morgan fingerprint density at radius 3 is 2.69 bits per heavy atom. The molecule has 4 rings (SSSR count). The highest BCUT2D eigenvalue weighted by molar-refractivity contribution is 5.92. The van der Waals surface area contributed by atoms with Crippen LogP contribution in [0.5, 0.6) is 0 Å². The number of amides is 1. The maximum absolute atomic E-state index is 13.0. The van der Waals surface area contributed by atoms with E-state index in [-0.39, 0.29) is 16.9 Å². The molecule has 6 nitrogen and oxygen atoms in total. The summed E-state index contributed by atoms with van der Waals surface area (Å²) in [5.41, 5.74) is 1.38. The van der Waals surface area contributed by atoms with Crippen molar-refractivity contribution in [2.24, 2.45) is 5.92 Å². The molecule has 9 heteroatoms. The molecule has 0 unspecified atom stereocenters. The third kappa shape index (κ3) is 2.68. The second kappa shape index (κ2) is 5.66. The van der Waals surface area contributed by atoms with Crippen molar-refractivity contribution in [2.45, 2.75) is 18.0 Å². The normalized spacial score (nSPS) is 24.3. The minimum Gasteiger partial charge on any atom is -0.340 e. The zero-order valence-corrected chi connectivity index (χ0v) is 13.5. The molecule has 1 aromatic carbocycles. The Bertz CT molecular complexity index is 856. The number of hydrogen-bond donors (Lipinski definition) is 2. The van der Waals surface area contributed by atoms with Crippen LogP contribution in [-0.4, -0.2) is 34.2 Å². The molecular formula is C17H15F3N4O2. The second-order valence-corrected chi connectivity index (χ2v) is 6.73. The maximum Gasteiger partial charge on any atom is 0.416 e. The van der Waals surface area contributed by atoms with Crippen LogP contribution in [0.4, 0.5) is 19.1 Å². The molecule has 1 saturated heterocycles. The molecule has 2 aliphatic rings. The number of halogens is 3. The number of benzene rings is 1. The van der Waals surface area contributed by atoms with Crippen LogP contribution < -0.4 is 10.4 Å². The molecule has 1 aromatic heterocycles. The fourth-order valence-corrected chi connectivity index (χ4v) is 3.75. The van der Waals surface area contributed by atoms with Crippen LogP contribution in [-0.2, 0) is 11.6 Å². The highest BCUT2D eigenvalue weighted by Crippen LogP contribution is 2.59. The minimum atomic E-state index is -4.36. The largest absolute Gasteiger partial charge is 0.416 e. The van der Waals surface area contributed by atoms with Crippen LogP contribution in [0.15, 0.2) is 36.7 Å². The van der Waals surface area contributed by atoms with Crippen molar-refractivity contribution < 1.29 is 23.2 Å². The highest BCUT2D eigenvalue weighted by Gasteiger charge is 2.61. The summed E-state index contributed by atoms with van der Waals surface area (Å²) in [6, 6.07) is 5.51. The molecule has 136 valence electrons. The van der Waals surface area contributed by atoms with E-state index in [1.807, 2.05) is 4.90 Å². The summed E-state index contributed by atoms with van der Waals surface area (Å²) < 4.78 is 39.0. The van der Waals surface area contributed by atoms with Crippen molar-refractivity contribution in [2.75, 3.05) is 18.0 Å². The number of hydroxylamine groups is 1. The van der Waals surface area contributed by atoms with E-state index in [0.29, 0.717) is 24.6 Å². The average Bonchev–Trinajstić information content (AvgIpc) is 3.22. The van der Waals surface area contributed by atoms with Crippen molar-refractivity contribution >= 4 is 11.9 Å². The molecule has 2 fully saturated rings. The van der Waals surface area contributed by atoms with E-state index in [9.17, 15) is 18.0 Å². The zero-order chi connectivity index (χ0) is 18.5. The number of rotatable bonds is 3. The summed E-state index contributed by atoms with van der Waals surface area (Å²) >= 11 is 0. The summed E-state index contributed by atoms with van der Waals surface area (Å²) in [5.74, 6) is -0.0331. The Labute approximate surface area is 146 Å². The molecular weight excluding hydrogens is 349 g/mol. The first-order valence-corrected chi connectivity index (χ1v) is 8.03. The number of nitrogens with one attached hydrogen (secondary N) is 1. The van der Waals surface area contributed by atoms with Crippen LogP contribution in [0.3, 0.4) is 0 Å². The number of piperidine rings is 1. The Morgan fingerprint density at radius 1 is 1.31 bits per heavy atom. The molecule has 0 bridgehead atoms. The molecule has 2 aromatic rings. The molecule has 1 aliphatic carbocycles. The highest BCUT2D eigenvalue weighted by atomic mass is 19.4. The standard InChI is InChI=1S/C17H15F3N4O2/c18-17(19,20)12-3-1-2-11(4-12)16-5-13(16)8-24(9-16)15-21-6-10(7-22-15)14(25)23-26/h1-4,6-7,13,26H,5,8-9H2,(H,23,25)/t13-,16+/m1/s1. The van der Waals surface area contributed by atoms with Gasteiger partial charge in [0.15, 0.2) is 0 Å². The Morgan fingerprint density at radius 2 is 2.04 bits per heavy atom. The van der Waals surface area contributed by atoms with Gasteiger partial charge in [-0.25, -0.2) is 15.4 Å². The molecule has 26 heavy (non-hydrogen) atoms. The van der Waals surface area contributed by atoms with E-state index >= 15 is 0 Å². The monoisotopic (exact) mass is 364 g/mol. The fourth-order valence-electron chi connectivity index (χ4n) is 3.75. The zero-order valence-electron chi connectivity index (χ0n) is 13.5. The molecule has 1 amide bonds. The van der Waals surface area contributed by atoms with Gasteiger partial charge < -0.3 is 4.90 Å². The minimum absolute atomic E-state index is 0.119. The average molecular weight is 364 g/mol. The number of hydrogen-bond acceptors (Lipinski definition) is 5. The molecule has 0 radical (unpaired) electrons. The van der Waals surface area contributed by atoms with E-state index in [4.69, 9.17) is 5.21 Å². The van der Waals surface area contributed by atoms with Crippen LogP contribution in [0, 0.1) is 5.92 Å². The van der Waals surface area contributed by atoms with Gasteiger partial charge in [-0.05, 0) is 24.0 Å². The van der Waals surface area contributed by atoms with Gasteiger partial charge in [0.25, 0.3) is 5.91 Å². The van der Waals surface area contributed by atoms with Crippen LogP contribution in [0.2, 0.25) is 0 Å². The van der Waals surface area contributed by atoms with Crippen molar-refractivity contribution in [3.63, 3.8) is 0 Å². The maximum atomic E-state index is 13.0. The number of carbonyl (C=O) groups excluding carboxylic acids is 1. The number of carbonyl (C=O) groups is 1. The molecule has 1 aliphatic heterocycles. The molecule has 0 spiro atoms. The van der Waals surface area contributed by atoms with Crippen LogP contribution >= 0.6 is 0 Å². The Kier molecular flexibility index (Phi) is 3.65. The van der Waals surface area contributed by atoms with Crippen molar-refractivity contribution in [1.29, 1.82) is 0 Å². The van der Waals surface area contributed by atoms with E-state index in [0.717, 1.165) is 12.5 Å². The van der Waals surface area contributed by atoms with Gasteiger partial charge in [0.2, 0.25) is 5.95 Å². The van der Waals surface area contributed by atoms with Crippen molar-refractivity contribution in [1.82, 2.24) is 15.4 Å². The lowest BCUT2D eigenvalue weighted by Gasteiger charge is -2.21. The van der Waals surface area contributed by atoms with Gasteiger partial charge in [0, 0.05) is 30.9 Å². The molecule has 2 N–H and O–H groups in total. The number of alkyl halides is 3. The second-order valence-electron chi connectivity index (χ2n) is 6.73. The molecule has 2 atom stereocenters. The number of nitrogens with zero attached hydrogens (tertiary/aromatic N) is 3. The predicted molar refractivity (Wildman–Crippen MR) is 84.7 cm³/mol. The van der Waals surface area contributed by atoms with Gasteiger partial charge >= 0.3 is 6.18 Å². The summed E-state index contributed by atoms with van der Waals surface area (Å²) in [6.07, 6.45) is -0.916. The number of fused-ring (bicyclic) bond motifs is 1. The van der Waals surface area contributed by atoms with E-state index < -0.39 is 17.6 Å². The van der Waals surface area contributed by atoms with Gasteiger partial charge in [-0.15, -0.1) is 0 Å². The lowest BCUT2D eigenvalue weighted by Crippen LogP contribution is -2.28. The van der Waals surface area contributed by atoms with Crippen LogP contribution in [0.25, 0.3) is 0 Å². The number of aromatic nitrogens is 2. The summed E-state index contributed by atoms with van der Waals surface area (Å²) in [5, 5.41) is 8.60. The third-order valence-electron chi connectivity index (χ3n) is 5.20. The summed E-state index contributed by atoms with van der Waals surface area (Å²) in [4.78, 5) is 21.5. The van der Waals surface area contributed by atoms with Crippen molar-refractivity contribution in [3.8, 4) is 0 Å². The first kappa shape index (κ1) is 16.8. The first-order chi connectivity index (χ1) is 12.3. The van der Waals surface area contributed by atoms with E-state index in [2.05, 4.69) is 9.97 Å². The summed E-state index contributed by atoms with van der Waals surface area (Å²) in [7, 11) is 0.